The molecule has 2 saturated carbocycles. The number of benzene rings is 1. The molecule has 1 aromatic carbocycles. The van der Waals surface area contributed by atoms with E-state index in [1.807, 2.05) is 30.6 Å². The molecule has 46 heavy (non-hydrogen) atoms. The van der Waals surface area contributed by atoms with E-state index < -0.39 is 31.0 Å². The number of carbonyl (C=O) groups is 1. The molecule has 11 heteroatoms. The molecule has 248 valence electrons. The number of unbranched alkanes of at least 4 members (excludes halogenated alkanes) is 1. The first-order valence-corrected chi connectivity index (χ1v) is 16.2. The van der Waals surface area contributed by atoms with E-state index >= 15 is 0 Å². The van der Waals surface area contributed by atoms with Crippen molar-refractivity contribution in [1.82, 2.24) is 20.6 Å². The predicted octanol–water partition coefficient (Wildman–Crippen LogP) is 2.04. The molecule has 3 aromatic rings. The quantitative estimate of drug-likeness (QED) is 0.103. The number of hydrogen-bond donors (Lipinski definition) is 7. The number of aliphatic hydroxyl groups is 5. The molecule has 5 rings (SSSR count). The van der Waals surface area contributed by atoms with Crippen LogP contribution in [0.3, 0.4) is 0 Å². The van der Waals surface area contributed by atoms with Crippen LogP contribution in [0.2, 0.25) is 0 Å². The highest BCUT2D eigenvalue weighted by molar-refractivity contribution is 5.76. The Hall–Kier alpha value is -3.45. The molecule has 11 nitrogen and oxygen atoms in total. The van der Waals surface area contributed by atoms with Crippen LogP contribution in [-0.4, -0.2) is 85.1 Å². The van der Waals surface area contributed by atoms with Crippen LogP contribution in [0.5, 0.6) is 5.75 Å². The number of nitrogens with zero attached hydrogens (tertiary/aromatic N) is 2. The number of aromatic nitrogens is 2. The molecule has 0 radical (unpaired) electrons. The highest BCUT2D eigenvalue weighted by atomic mass is 16.5. The molecule has 0 bridgehead atoms. The zero-order chi connectivity index (χ0) is 32.7. The summed E-state index contributed by atoms with van der Waals surface area (Å²) >= 11 is 0. The fourth-order valence-corrected chi connectivity index (χ4v) is 5.60. The Kier molecular flexibility index (Phi) is 11.4. The molecule has 2 heterocycles. The molecule has 7 N–H and O–H groups in total. The number of amides is 1. The average Bonchev–Trinajstić information content (AvgIpc) is 4.02. The van der Waals surface area contributed by atoms with Crippen molar-refractivity contribution in [1.29, 1.82) is 0 Å². The molecule has 2 aliphatic carbocycles. The third kappa shape index (κ3) is 8.67. The van der Waals surface area contributed by atoms with Gasteiger partial charge >= 0.3 is 0 Å². The Labute approximate surface area is 269 Å². The van der Waals surface area contributed by atoms with Gasteiger partial charge in [-0.25, -0.2) is 0 Å². The molecule has 2 aliphatic rings. The topological polar surface area (TPSA) is 177 Å². The summed E-state index contributed by atoms with van der Waals surface area (Å²) in [6.07, 6.45) is 4.16. The van der Waals surface area contributed by atoms with Crippen LogP contribution < -0.4 is 15.4 Å². The lowest BCUT2D eigenvalue weighted by atomic mass is 9.94. The van der Waals surface area contributed by atoms with Gasteiger partial charge in [0.25, 0.3) is 0 Å². The normalized spacial score (nSPS) is 18.0. The summed E-state index contributed by atoms with van der Waals surface area (Å²) in [5, 5.41) is 54.2. The molecule has 0 aliphatic heterocycles. The van der Waals surface area contributed by atoms with Crippen molar-refractivity contribution >= 4 is 5.91 Å². The Bertz CT molecular complexity index is 1460. The Morgan fingerprint density at radius 2 is 1.76 bits per heavy atom. The van der Waals surface area contributed by atoms with Gasteiger partial charge in [-0.1, -0.05) is 24.3 Å². The van der Waals surface area contributed by atoms with Gasteiger partial charge in [0.2, 0.25) is 5.91 Å². The van der Waals surface area contributed by atoms with Crippen LogP contribution in [0.15, 0.2) is 54.9 Å². The Morgan fingerprint density at radius 3 is 2.50 bits per heavy atom. The largest absolute Gasteiger partial charge is 0.490 e. The van der Waals surface area contributed by atoms with Gasteiger partial charge in [-0.05, 0) is 86.8 Å². The lowest BCUT2D eigenvalue weighted by Crippen LogP contribution is -2.49. The highest BCUT2D eigenvalue weighted by Crippen LogP contribution is 2.50. The lowest BCUT2D eigenvalue weighted by Gasteiger charge is -2.25. The van der Waals surface area contributed by atoms with Crippen molar-refractivity contribution in [3.63, 3.8) is 0 Å². The van der Waals surface area contributed by atoms with Gasteiger partial charge in [0.05, 0.1) is 24.5 Å². The zero-order valence-corrected chi connectivity index (χ0v) is 26.3. The molecular weight excluding hydrogens is 588 g/mol. The fourth-order valence-electron chi connectivity index (χ4n) is 5.60. The number of hydrogen-bond acceptors (Lipinski definition) is 10. The maximum atomic E-state index is 12.2. The molecule has 1 amide bonds. The van der Waals surface area contributed by atoms with E-state index in [1.54, 1.807) is 0 Å². The van der Waals surface area contributed by atoms with E-state index in [1.165, 1.54) is 5.56 Å². The van der Waals surface area contributed by atoms with Crippen molar-refractivity contribution in [2.45, 2.75) is 101 Å². The van der Waals surface area contributed by atoms with Crippen molar-refractivity contribution in [2.75, 3.05) is 13.2 Å². The van der Waals surface area contributed by atoms with Crippen LogP contribution in [0.1, 0.15) is 67.5 Å². The molecule has 4 unspecified atom stereocenters. The van der Waals surface area contributed by atoms with Gasteiger partial charge in [-0.3, -0.25) is 14.8 Å². The fraction of sp³-hybridized carbons (Fsp3) is 0.514. The van der Waals surface area contributed by atoms with E-state index in [4.69, 9.17) is 14.8 Å². The maximum absolute atomic E-state index is 12.2. The van der Waals surface area contributed by atoms with Crippen LogP contribution >= 0.6 is 0 Å². The van der Waals surface area contributed by atoms with Gasteiger partial charge < -0.3 is 40.9 Å². The van der Waals surface area contributed by atoms with Crippen LogP contribution in [0, 0.1) is 6.92 Å². The van der Waals surface area contributed by atoms with Crippen molar-refractivity contribution in [3.05, 3.63) is 77.4 Å². The van der Waals surface area contributed by atoms with Crippen molar-refractivity contribution < 1.29 is 35.1 Å². The summed E-state index contributed by atoms with van der Waals surface area (Å²) in [6, 6.07) is 14.4. The summed E-state index contributed by atoms with van der Waals surface area (Å²) < 4.78 is 6.24. The summed E-state index contributed by atoms with van der Waals surface area (Å²) in [5.41, 5.74) is 6.29. The van der Waals surface area contributed by atoms with Crippen LogP contribution in [0.25, 0.3) is 11.1 Å². The maximum Gasteiger partial charge on any atom is 0.220 e. The predicted molar refractivity (Wildman–Crippen MR) is 172 cm³/mol. The number of rotatable bonds is 18. The third-order valence-corrected chi connectivity index (χ3v) is 8.86. The highest BCUT2D eigenvalue weighted by Gasteiger charge is 2.46. The Morgan fingerprint density at radius 1 is 1.00 bits per heavy atom. The first-order valence-electron chi connectivity index (χ1n) is 16.2. The lowest BCUT2D eigenvalue weighted by molar-refractivity contribution is -0.126. The SMILES string of the molecule is Cc1ccc(CCCCC(=O)NCC(O)C(O)C(O)C(O)CO)nc1CNC1(c2cnccc2-c2ccccc2OC2CC2)CC1. The van der Waals surface area contributed by atoms with E-state index in [-0.39, 0.29) is 24.4 Å². The van der Waals surface area contributed by atoms with Gasteiger partial charge in [0.1, 0.15) is 24.1 Å². The minimum atomic E-state index is -1.73. The van der Waals surface area contributed by atoms with Gasteiger partial charge in [-0.2, -0.15) is 0 Å². The molecule has 0 spiro atoms. The van der Waals surface area contributed by atoms with E-state index in [0.717, 1.165) is 65.9 Å². The second-order valence-corrected chi connectivity index (χ2v) is 12.5. The van der Waals surface area contributed by atoms with Gasteiger partial charge in [0, 0.05) is 48.7 Å². The number of nitrogens with one attached hydrogen (secondary N) is 2. The van der Waals surface area contributed by atoms with E-state index in [2.05, 4.69) is 46.8 Å². The molecule has 0 saturated heterocycles. The van der Waals surface area contributed by atoms with Gasteiger partial charge in [0.15, 0.2) is 0 Å². The first-order chi connectivity index (χ1) is 22.2. The number of para-hydroxylation sites is 1. The average molecular weight is 635 g/mol. The number of carbonyl (C=O) groups excluding carboxylic acids is 1. The van der Waals surface area contributed by atoms with Crippen LogP contribution in [0.4, 0.5) is 0 Å². The minimum absolute atomic E-state index is 0.173. The molecule has 2 fully saturated rings. The van der Waals surface area contributed by atoms with Crippen molar-refractivity contribution in [2.24, 2.45) is 0 Å². The molecule has 2 aromatic heterocycles. The summed E-state index contributed by atoms with van der Waals surface area (Å²) in [4.78, 5) is 21.7. The van der Waals surface area contributed by atoms with Gasteiger partial charge in [-0.15, -0.1) is 0 Å². The van der Waals surface area contributed by atoms with E-state index in [0.29, 0.717) is 25.5 Å². The summed E-state index contributed by atoms with van der Waals surface area (Å²) in [7, 11) is 0. The molecular formula is C35H46N4O7. The number of pyridine rings is 2. The standard InChI is InChI=1S/C35H46N4O7/c1-22-10-11-23(6-2-5-9-32(43)37-20-29(41)33(44)34(45)30(42)21-40)39-28(22)19-38-35(15-16-35)27-18-36-17-14-25(27)26-7-3-4-8-31(26)46-24-12-13-24/h3-4,7-8,10-11,14,17-18,24,29-30,33-34,38,40-42,44-45H,2,5-6,9,12-13,15-16,19-21H2,1H3,(H,37,43). The third-order valence-electron chi connectivity index (χ3n) is 8.86. The minimum Gasteiger partial charge on any atom is -0.490 e. The summed E-state index contributed by atoms with van der Waals surface area (Å²) in [6.45, 7) is 1.64. The number of ether oxygens (including phenoxy) is 1. The monoisotopic (exact) mass is 634 g/mol. The zero-order valence-electron chi connectivity index (χ0n) is 26.3. The van der Waals surface area contributed by atoms with Crippen molar-refractivity contribution in [3.8, 4) is 16.9 Å². The second kappa shape index (κ2) is 15.4. The molecule has 4 atom stereocenters. The summed E-state index contributed by atoms with van der Waals surface area (Å²) in [5.74, 6) is 0.624. The van der Waals surface area contributed by atoms with Crippen LogP contribution in [-0.2, 0) is 23.3 Å². The number of aliphatic hydroxyl groups excluding tert-OH is 5. The smallest absolute Gasteiger partial charge is 0.220 e. The number of aryl methyl sites for hydroxylation is 2. The first kappa shape index (κ1) is 33.9. The second-order valence-electron chi connectivity index (χ2n) is 12.5. The Balaban J connectivity index is 1.12. The van der Waals surface area contributed by atoms with E-state index in [9.17, 15) is 25.2 Å².